The van der Waals surface area contributed by atoms with E-state index < -0.39 is 0 Å². The molecule has 0 saturated heterocycles. The van der Waals surface area contributed by atoms with Crippen LogP contribution in [0.1, 0.15) is 40.7 Å². The van der Waals surface area contributed by atoms with Gasteiger partial charge in [-0.3, -0.25) is 4.79 Å². The highest BCUT2D eigenvalue weighted by Crippen LogP contribution is 2.22. The quantitative estimate of drug-likeness (QED) is 0.771. The molecule has 2 aromatic rings. The molecule has 19 heavy (non-hydrogen) atoms. The fourth-order valence-electron chi connectivity index (χ4n) is 1.87. The van der Waals surface area contributed by atoms with Crippen molar-refractivity contribution >= 4 is 5.78 Å². The SMILES string of the molecule is CCC(=O)c1ccccc1OCc1c(C)noc1C. The van der Waals surface area contributed by atoms with Crippen molar-refractivity contribution in [2.24, 2.45) is 0 Å². The number of nitrogens with zero attached hydrogens (tertiary/aromatic N) is 1. The predicted molar refractivity (Wildman–Crippen MR) is 71.4 cm³/mol. The van der Waals surface area contributed by atoms with Gasteiger partial charge in [-0.05, 0) is 26.0 Å². The average Bonchev–Trinajstić information content (AvgIpc) is 2.75. The number of Topliss-reactive ketones (excluding diaryl/α,β-unsaturated/α-hetero) is 1. The molecule has 0 N–H and O–H groups in total. The van der Waals surface area contributed by atoms with E-state index in [4.69, 9.17) is 9.26 Å². The van der Waals surface area contributed by atoms with Crippen LogP contribution in [0.5, 0.6) is 5.75 Å². The zero-order chi connectivity index (χ0) is 13.8. The Morgan fingerprint density at radius 2 is 2.05 bits per heavy atom. The number of hydrogen-bond donors (Lipinski definition) is 0. The molecule has 1 aromatic carbocycles. The number of rotatable bonds is 5. The molecular weight excluding hydrogens is 242 g/mol. The summed E-state index contributed by atoms with van der Waals surface area (Å²) >= 11 is 0. The highest BCUT2D eigenvalue weighted by Gasteiger charge is 2.13. The molecule has 0 aliphatic carbocycles. The Kier molecular flexibility index (Phi) is 4.00. The van der Waals surface area contributed by atoms with E-state index >= 15 is 0 Å². The van der Waals surface area contributed by atoms with Gasteiger partial charge in [0.1, 0.15) is 18.1 Å². The number of carbonyl (C=O) groups excluding carboxylic acids is 1. The maximum Gasteiger partial charge on any atom is 0.166 e. The van der Waals surface area contributed by atoms with Gasteiger partial charge in [-0.25, -0.2) is 0 Å². The first-order valence-electron chi connectivity index (χ1n) is 6.30. The fourth-order valence-corrected chi connectivity index (χ4v) is 1.87. The van der Waals surface area contributed by atoms with Crippen molar-refractivity contribution in [2.75, 3.05) is 0 Å². The van der Waals surface area contributed by atoms with Gasteiger partial charge in [0, 0.05) is 6.42 Å². The van der Waals surface area contributed by atoms with Crippen LogP contribution in [0.3, 0.4) is 0 Å². The molecule has 0 amide bonds. The van der Waals surface area contributed by atoms with Crippen LogP contribution in [0.25, 0.3) is 0 Å². The second-order valence-corrected chi connectivity index (χ2v) is 4.36. The van der Waals surface area contributed by atoms with Crippen LogP contribution in [0.15, 0.2) is 28.8 Å². The lowest BCUT2D eigenvalue weighted by molar-refractivity contribution is 0.0983. The Bertz CT molecular complexity index is 567. The number of aryl methyl sites for hydroxylation is 2. The van der Waals surface area contributed by atoms with Crippen LogP contribution in [0.2, 0.25) is 0 Å². The zero-order valence-corrected chi connectivity index (χ0v) is 11.4. The summed E-state index contributed by atoms with van der Waals surface area (Å²) in [7, 11) is 0. The average molecular weight is 259 g/mol. The van der Waals surface area contributed by atoms with E-state index in [1.54, 1.807) is 12.1 Å². The van der Waals surface area contributed by atoms with Gasteiger partial charge in [-0.2, -0.15) is 0 Å². The van der Waals surface area contributed by atoms with E-state index in [9.17, 15) is 4.79 Å². The minimum Gasteiger partial charge on any atom is -0.488 e. The summed E-state index contributed by atoms with van der Waals surface area (Å²) in [5.41, 5.74) is 2.37. The van der Waals surface area contributed by atoms with Crippen molar-refractivity contribution in [3.05, 3.63) is 46.8 Å². The van der Waals surface area contributed by atoms with Gasteiger partial charge in [0.25, 0.3) is 0 Å². The zero-order valence-electron chi connectivity index (χ0n) is 11.4. The summed E-state index contributed by atoms with van der Waals surface area (Å²) < 4.78 is 10.8. The molecule has 4 nitrogen and oxygen atoms in total. The summed E-state index contributed by atoms with van der Waals surface area (Å²) in [5, 5.41) is 3.88. The van der Waals surface area contributed by atoms with Crippen molar-refractivity contribution in [1.29, 1.82) is 0 Å². The maximum atomic E-state index is 11.8. The predicted octanol–water partition coefficient (Wildman–Crippen LogP) is 3.46. The van der Waals surface area contributed by atoms with E-state index in [2.05, 4.69) is 5.16 Å². The van der Waals surface area contributed by atoms with E-state index in [0.29, 0.717) is 24.3 Å². The van der Waals surface area contributed by atoms with E-state index in [-0.39, 0.29) is 5.78 Å². The van der Waals surface area contributed by atoms with E-state index in [0.717, 1.165) is 17.0 Å². The summed E-state index contributed by atoms with van der Waals surface area (Å²) in [6, 6.07) is 7.29. The molecule has 1 aromatic heterocycles. The van der Waals surface area contributed by atoms with Crippen LogP contribution in [0, 0.1) is 13.8 Å². The van der Waals surface area contributed by atoms with Crippen molar-refractivity contribution in [3.63, 3.8) is 0 Å². The van der Waals surface area contributed by atoms with Crippen LogP contribution >= 0.6 is 0 Å². The third kappa shape index (κ3) is 2.84. The van der Waals surface area contributed by atoms with Crippen LogP contribution in [0.4, 0.5) is 0 Å². The number of ether oxygens (including phenoxy) is 1. The summed E-state index contributed by atoms with van der Waals surface area (Å²) in [5.74, 6) is 1.43. The molecular formula is C15H17NO3. The molecule has 0 radical (unpaired) electrons. The Morgan fingerprint density at radius 3 is 2.68 bits per heavy atom. The Morgan fingerprint density at radius 1 is 1.32 bits per heavy atom. The highest BCUT2D eigenvalue weighted by atomic mass is 16.5. The number of hydrogen-bond acceptors (Lipinski definition) is 4. The summed E-state index contributed by atoms with van der Waals surface area (Å²) in [6.45, 7) is 5.92. The first-order valence-corrected chi connectivity index (χ1v) is 6.30. The molecule has 0 spiro atoms. The second-order valence-electron chi connectivity index (χ2n) is 4.36. The number of ketones is 1. The maximum absolute atomic E-state index is 11.8. The van der Waals surface area contributed by atoms with Gasteiger partial charge in [-0.1, -0.05) is 24.2 Å². The molecule has 2 rings (SSSR count). The van der Waals surface area contributed by atoms with Gasteiger partial charge in [0.05, 0.1) is 16.8 Å². The number of para-hydroxylation sites is 1. The van der Waals surface area contributed by atoms with Gasteiger partial charge in [0.15, 0.2) is 5.78 Å². The summed E-state index contributed by atoms with van der Waals surface area (Å²) in [6.07, 6.45) is 0.464. The first-order chi connectivity index (χ1) is 9.13. The van der Waals surface area contributed by atoms with Gasteiger partial charge < -0.3 is 9.26 Å². The minimum atomic E-state index is 0.0781. The highest BCUT2D eigenvalue weighted by molar-refractivity contribution is 5.98. The Labute approximate surface area is 112 Å². The third-order valence-electron chi connectivity index (χ3n) is 3.06. The number of carbonyl (C=O) groups is 1. The standard InChI is InChI=1S/C15H17NO3/c1-4-14(17)12-7-5-6-8-15(12)18-9-13-10(2)16-19-11(13)3/h5-8H,4,9H2,1-3H3. The fraction of sp³-hybridized carbons (Fsp3) is 0.333. The molecule has 0 aliphatic heterocycles. The molecule has 100 valence electrons. The lowest BCUT2D eigenvalue weighted by Gasteiger charge is -2.09. The van der Waals surface area contributed by atoms with Gasteiger partial charge in [-0.15, -0.1) is 0 Å². The minimum absolute atomic E-state index is 0.0781. The normalized spacial score (nSPS) is 10.5. The van der Waals surface area contributed by atoms with Gasteiger partial charge >= 0.3 is 0 Å². The molecule has 0 unspecified atom stereocenters. The van der Waals surface area contributed by atoms with E-state index in [1.807, 2.05) is 32.9 Å². The topological polar surface area (TPSA) is 52.3 Å². The number of aromatic nitrogens is 1. The smallest absolute Gasteiger partial charge is 0.166 e. The third-order valence-corrected chi connectivity index (χ3v) is 3.06. The summed E-state index contributed by atoms with van der Waals surface area (Å²) in [4.78, 5) is 11.8. The first kappa shape index (κ1) is 13.3. The van der Waals surface area contributed by atoms with Crippen molar-refractivity contribution in [3.8, 4) is 5.75 Å². The largest absolute Gasteiger partial charge is 0.488 e. The Balaban J connectivity index is 2.18. The molecule has 0 bridgehead atoms. The lowest BCUT2D eigenvalue weighted by atomic mass is 10.1. The molecule has 0 fully saturated rings. The van der Waals surface area contributed by atoms with E-state index in [1.165, 1.54) is 0 Å². The number of benzene rings is 1. The lowest BCUT2D eigenvalue weighted by Crippen LogP contribution is -2.04. The van der Waals surface area contributed by atoms with Crippen molar-refractivity contribution in [1.82, 2.24) is 5.16 Å². The molecule has 0 saturated carbocycles. The van der Waals surface area contributed by atoms with Gasteiger partial charge in [0.2, 0.25) is 0 Å². The molecule has 4 heteroatoms. The molecule has 1 heterocycles. The monoisotopic (exact) mass is 259 g/mol. The van der Waals surface area contributed by atoms with Crippen LogP contribution in [-0.4, -0.2) is 10.9 Å². The van der Waals surface area contributed by atoms with Crippen LogP contribution in [-0.2, 0) is 6.61 Å². The molecule has 0 aliphatic rings. The van der Waals surface area contributed by atoms with Crippen molar-refractivity contribution in [2.45, 2.75) is 33.8 Å². The Hall–Kier alpha value is -2.10. The van der Waals surface area contributed by atoms with Crippen molar-refractivity contribution < 1.29 is 14.1 Å². The second kappa shape index (κ2) is 5.69. The molecule has 0 atom stereocenters. The van der Waals surface area contributed by atoms with Crippen LogP contribution < -0.4 is 4.74 Å².